The Kier molecular flexibility index (Phi) is 4.57. The fraction of sp³-hybridized carbons (Fsp3) is 0.286. The van der Waals surface area contributed by atoms with Crippen molar-refractivity contribution in [1.82, 2.24) is 9.55 Å². The summed E-state index contributed by atoms with van der Waals surface area (Å²) in [6.07, 6.45) is 3.20. The van der Waals surface area contributed by atoms with Gasteiger partial charge in [0.2, 0.25) is 0 Å². The lowest BCUT2D eigenvalue weighted by molar-refractivity contribution is 0.432. The van der Waals surface area contributed by atoms with Gasteiger partial charge in [0.05, 0.1) is 0 Å². The van der Waals surface area contributed by atoms with Crippen LogP contribution in [-0.4, -0.2) is 9.55 Å². The van der Waals surface area contributed by atoms with Crippen molar-refractivity contribution in [1.29, 1.82) is 0 Å². The highest BCUT2D eigenvalue weighted by Crippen LogP contribution is 2.25. The molecule has 2 N–H and O–H groups in total. The van der Waals surface area contributed by atoms with E-state index in [4.69, 9.17) is 10.5 Å². The first-order chi connectivity index (χ1) is 9.52. The molecule has 0 fully saturated rings. The summed E-state index contributed by atoms with van der Waals surface area (Å²) in [5.74, 6) is 0.597. The smallest absolute Gasteiger partial charge is 0.313 e. The van der Waals surface area contributed by atoms with Crippen molar-refractivity contribution in [2.75, 3.05) is 0 Å². The van der Waals surface area contributed by atoms with Crippen LogP contribution in [0.2, 0.25) is 0 Å². The number of halogens is 1. The molecule has 0 aliphatic heterocycles. The lowest BCUT2D eigenvalue weighted by atomic mass is 10.2. The summed E-state index contributed by atoms with van der Waals surface area (Å²) >= 11 is 3.38. The molecule has 0 atom stereocenters. The second-order valence-electron chi connectivity index (χ2n) is 4.60. The minimum absolute atomic E-state index is 0.0479. The van der Waals surface area contributed by atoms with E-state index in [0.29, 0.717) is 12.3 Å². The molecule has 1 heterocycles. The van der Waals surface area contributed by atoms with Gasteiger partial charge in [-0.05, 0) is 32.0 Å². The highest BCUT2D eigenvalue weighted by atomic mass is 79.9. The molecule has 0 saturated carbocycles. The Hall–Kier alpha value is -1.66. The molecule has 0 amide bonds. The first-order valence-electron chi connectivity index (χ1n) is 6.26. The first kappa shape index (κ1) is 14.7. The monoisotopic (exact) mass is 337 g/mol. The molecule has 0 spiro atoms. The Morgan fingerprint density at radius 3 is 2.85 bits per heavy atom. The molecule has 0 radical (unpaired) electrons. The Morgan fingerprint density at radius 1 is 1.45 bits per heavy atom. The molecule has 6 heteroatoms. The SMILES string of the molecule is CC(C)n1ccnc(Oc2ccc(Br)cc2CN)c1=O. The van der Waals surface area contributed by atoms with Gasteiger partial charge in [0.1, 0.15) is 5.75 Å². The molecule has 0 saturated heterocycles. The number of hydrogen-bond donors (Lipinski definition) is 1. The van der Waals surface area contributed by atoms with Crippen molar-refractivity contribution < 1.29 is 4.74 Å². The topological polar surface area (TPSA) is 70.1 Å². The summed E-state index contributed by atoms with van der Waals surface area (Å²) in [5.41, 5.74) is 6.23. The molecular formula is C14H16BrN3O2. The van der Waals surface area contributed by atoms with Crippen LogP contribution in [0.5, 0.6) is 11.6 Å². The summed E-state index contributed by atoms with van der Waals surface area (Å²) in [4.78, 5) is 16.2. The number of hydrogen-bond acceptors (Lipinski definition) is 4. The van der Waals surface area contributed by atoms with E-state index in [2.05, 4.69) is 20.9 Å². The molecule has 0 unspecified atom stereocenters. The minimum atomic E-state index is -0.256. The van der Waals surface area contributed by atoms with E-state index in [9.17, 15) is 4.79 Å². The van der Waals surface area contributed by atoms with Crippen molar-refractivity contribution in [3.05, 3.63) is 51.0 Å². The molecule has 5 nitrogen and oxygen atoms in total. The van der Waals surface area contributed by atoms with Crippen LogP contribution in [0.25, 0.3) is 0 Å². The van der Waals surface area contributed by atoms with Gasteiger partial charge in [-0.1, -0.05) is 15.9 Å². The van der Waals surface area contributed by atoms with Crippen LogP contribution in [0.3, 0.4) is 0 Å². The Balaban J connectivity index is 2.40. The van der Waals surface area contributed by atoms with E-state index in [-0.39, 0.29) is 17.5 Å². The summed E-state index contributed by atoms with van der Waals surface area (Å²) < 4.78 is 8.11. The number of rotatable bonds is 4. The lowest BCUT2D eigenvalue weighted by Crippen LogP contribution is -2.23. The van der Waals surface area contributed by atoms with Gasteiger partial charge < -0.3 is 15.0 Å². The third kappa shape index (κ3) is 3.08. The number of nitrogens with zero attached hydrogens (tertiary/aromatic N) is 2. The Labute approximate surface area is 125 Å². The zero-order valence-electron chi connectivity index (χ0n) is 11.3. The summed E-state index contributed by atoms with van der Waals surface area (Å²) in [5, 5.41) is 0. The average Bonchev–Trinajstić information content (AvgIpc) is 2.42. The Bertz CT molecular complexity index is 668. The van der Waals surface area contributed by atoms with Crippen molar-refractivity contribution >= 4 is 15.9 Å². The van der Waals surface area contributed by atoms with Gasteiger partial charge >= 0.3 is 5.56 Å². The fourth-order valence-corrected chi connectivity index (χ4v) is 2.20. The molecule has 0 aliphatic carbocycles. The molecule has 20 heavy (non-hydrogen) atoms. The normalized spacial score (nSPS) is 10.8. The maximum Gasteiger partial charge on any atom is 0.313 e. The van der Waals surface area contributed by atoms with Gasteiger partial charge in [-0.15, -0.1) is 0 Å². The van der Waals surface area contributed by atoms with E-state index >= 15 is 0 Å². The van der Waals surface area contributed by atoms with Gasteiger partial charge in [-0.2, -0.15) is 0 Å². The number of benzene rings is 1. The maximum atomic E-state index is 12.2. The zero-order valence-corrected chi connectivity index (χ0v) is 12.9. The van der Waals surface area contributed by atoms with E-state index in [1.807, 2.05) is 26.0 Å². The van der Waals surface area contributed by atoms with Gasteiger partial charge in [0, 0.05) is 35.0 Å². The zero-order chi connectivity index (χ0) is 14.7. The van der Waals surface area contributed by atoms with E-state index in [1.165, 1.54) is 0 Å². The van der Waals surface area contributed by atoms with Crippen molar-refractivity contribution in [3.63, 3.8) is 0 Å². The molecule has 2 rings (SSSR count). The van der Waals surface area contributed by atoms with Crippen LogP contribution >= 0.6 is 15.9 Å². The van der Waals surface area contributed by atoms with Crippen molar-refractivity contribution in [2.24, 2.45) is 5.73 Å². The molecular weight excluding hydrogens is 322 g/mol. The summed E-state index contributed by atoms with van der Waals surface area (Å²) in [6.45, 7) is 4.17. The summed E-state index contributed by atoms with van der Waals surface area (Å²) in [7, 11) is 0. The second-order valence-corrected chi connectivity index (χ2v) is 5.51. The predicted molar refractivity (Wildman–Crippen MR) is 81.0 cm³/mol. The highest BCUT2D eigenvalue weighted by molar-refractivity contribution is 9.10. The number of ether oxygens (including phenoxy) is 1. The summed E-state index contributed by atoms with van der Waals surface area (Å²) in [6, 6.07) is 5.50. The van der Waals surface area contributed by atoms with Crippen LogP contribution in [0, 0.1) is 0 Å². The van der Waals surface area contributed by atoms with Gasteiger partial charge in [-0.25, -0.2) is 4.98 Å². The Morgan fingerprint density at radius 2 is 2.20 bits per heavy atom. The van der Waals surface area contributed by atoms with Crippen LogP contribution < -0.4 is 16.0 Å². The third-order valence-electron chi connectivity index (χ3n) is 2.84. The first-order valence-corrected chi connectivity index (χ1v) is 7.05. The molecule has 106 valence electrons. The molecule has 2 aromatic rings. The maximum absolute atomic E-state index is 12.2. The average molecular weight is 338 g/mol. The standard InChI is InChI=1S/C14H16BrN3O2/c1-9(2)18-6-5-17-13(14(18)19)20-12-4-3-11(15)7-10(12)8-16/h3-7,9H,8,16H2,1-2H3. The number of aromatic nitrogens is 2. The molecule has 0 aliphatic rings. The molecule has 0 bridgehead atoms. The number of nitrogens with two attached hydrogens (primary N) is 1. The van der Waals surface area contributed by atoms with Crippen LogP contribution in [0.4, 0.5) is 0 Å². The minimum Gasteiger partial charge on any atom is -0.434 e. The van der Waals surface area contributed by atoms with E-state index in [0.717, 1.165) is 10.0 Å². The van der Waals surface area contributed by atoms with Crippen molar-refractivity contribution in [2.45, 2.75) is 26.4 Å². The van der Waals surface area contributed by atoms with Gasteiger partial charge in [0.15, 0.2) is 0 Å². The van der Waals surface area contributed by atoms with Crippen LogP contribution in [0.15, 0.2) is 39.9 Å². The van der Waals surface area contributed by atoms with Gasteiger partial charge in [0.25, 0.3) is 5.88 Å². The van der Waals surface area contributed by atoms with Crippen LogP contribution in [-0.2, 0) is 6.54 Å². The third-order valence-corrected chi connectivity index (χ3v) is 3.34. The van der Waals surface area contributed by atoms with Crippen LogP contribution in [0.1, 0.15) is 25.5 Å². The highest BCUT2D eigenvalue weighted by Gasteiger charge is 2.11. The predicted octanol–water partition coefficient (Wildman–Crippen LogP) is 2.84. The quantitative estimate of drug-likeness (QED) is 0.931. The van der Waals surface area contributed by atoms with E-state index in [1.54, 1.807) is 23.0 Å². The molecule has 1 aromatic heterocycles. The van der Waals surface area contributed by atoms with Crippen molar-refractivity contribution in [3.8, 4) is 11.6 Å². The van der Waals surface area contributed by atoms with E-state index < -0.39 is 0 Å². The molecule has 1 aromatic carbocycles. The second kappa shape index (κ2) is 6.19. The fourth-order valence-electron chi connectivity index (χ4n) is 1.79. The van der Waals surface area contributed by atoms with Gasteiger partial charge in [-0.3, -0.25) is 4.79 Å². The lowest BCUT2D eigenvalue weighted by Gasteiger charge is -2.12. The largest absolute Gasteiger partial charge is 0.434 e.